The van der Waals surface area contributed by atoms with Crippen molar-refractivity contribution >= 4 is 5.69 Å². The smallest absolute Gasteiger partial charge is 0.0765 e. The van der Waals surface area contributed by atoms with E-state index in [2.05, 4.69) is 0 Å². The fourth-order valence-corrected chi connectivity index (χ4v) is 1.70. The van der Waals surface area contributed by atoms with Crippen molar-refractivity contribution < 1.29 is 5.11 Å². The molecule has 0 amide bonds. The Hall–Kier alpha value is -1.06. The average molecular weight is 222 g/mol. The second-order valence-electron chi connectivity index (χ2n) is 5.05. The van der Waals surface area contributed by atoms with E-state index in [1.807, 2.05) is 43.1 Å². The summed E-state index contributed by atoms with van der Waals surface area (Å²) in [5, 5.41) is 9.73. The Morgan fingerprint density at radius 3 is 2.19 bits per heavy atom. The third kappa shape index (κ3) is 3.83. The van der Waals surface area contributed by atoms with E-state index in [4.69, 9.17) is 5.73 Å². The standard InChI is InChI=1S/C13H22N2O/c1-10(14)11-5-7-12(8-6-11)15(4)9-13(2,3)16/h5-8,10,16H,9,14H2,1-4H3/t10-/m0/s1. The van der Waals surface area contributed by atoms with Gasteiger partial charge in [-0.2, -0.15) is 0 Å². The van der Waals surface area contributed by atoms with Crippen molar-refractivity contribution in [1.82, 2.24) is 0 Å². The first kappa shape index (κ1) is 13.0. The van der Waals surface area contributed by atoms with Crippen molar-refractivity contribution in [1.29, 1.82) is 0 Å². The van der Waals surface area contributed by atoms with E-state index in [-0.39, 0.29) is 6.04 Å². The van der Waals surface area contributed by atoms with E-state index < -0.39 is 5.60 Å². The molecular formula is C13H22N2O. The predicted octanol–water partition coefficient (Wildman–Crippen LogP) is 1.91. The first-order valence-corrected chi connectivity index (χ1v) is 5.58. The Labute approximate surface area is 97.9 Å². The Morgan fingerprint density at radius 1 is 1.31 bits per heavy atom. The SMILES string of the molecule is C[C@H](N)c1ccc(N(C)CC(C)(C)O)cc1. The number of benzene rings is 1. The molecule has 0 fully saturated rings. The van der Waals surface area contributed by atoms with Crippen molar-refractivity contribution in [3.05, 3.63) is 29.8 Å². The Morgan fingerprint density at radius 2 is 1.81 bits per heavy atom. The lowest BCUT2D eigenvalue weighted by atomic mass is 10.1. The van der Waals surface area contributed by atoms with Crippen LogP contribution < -0.4 is 10.6 Å². The molecule has 16 heavy (non-hydrogen) atoms. The molecule has 90 valence electrons. The summed E-state index contributed by atoms with van der Waals surface area (Å²) in [6.07, 6.45) is 0. The van der Waals surface area contributed by atoms with Gasteiger partial charge in [-0.15, -0.1) is 0 Å². The number of likely N-dealkylation sites (N-methyl/N-ethyl adjacent to an activating group) is 1. The van der Waals surface area contributed by atoms with Crippen molar-refractivity contribution in [3.8, 4) is 0 Å². The van der Waals surface area contributed by atoms with Crippen LogP contribution in [0.3, 0.4) is 0 Å². The normalized spacial score (nSPS) is 13.6. The summed E-state index contributed by atoms with van der Waals surface area (Å²) in [6, 6.07) is 8.19. The molecule has 3 heteroatoms. The fourth-order valence-electron chi connectivity index (χ4n) is 1.70. The molecule has 0 aliphatic carbocycles. The minimum atomic E-state index is -0.686. The number of aliphatic hydroxyl groups is 1. The van der Waals surface area contributed by atoms with Gasteiger partial charge in [0.15, 0.2) is 0 Å². The zero-order chi connectivity index (χ0) is 12.3. The number of hydrogen-bond acceptors (Lipinski definition) is 3. The van der Waals surface area contributed by atoms with Crippen molar-refractivity contribution in [2.45, 2.75) is 32.4 Å². The van der Waals surface area contributed by atoms with E-state index in [0.29, 0.717) is 6.54 Å². The van der Waals surface area contributed by atoms with Gasteiger partial charge in [0.05, 0.1) is 5.60 Å². The van der Waals surface area contributed by atoms with Crippen molar-refractivity contribution in [2.75, 3.05) is 18.5 Å². The van der Waals surface area contributed by atoms with Gasteiger partial charge in [-0.1, -0.05) is 12.1 Å². The highest BCUT2D eigenvalue weighted by Gasteiger charge is 2.15. The maximum absolute atomic E-state index is 9.73. The molecule has 1 atom stereocenters. The van der Waals surface area contributed by atoms with Crippen LogP contribution in [0.15, 0.2) is 24.3 Å². The molecule has 0 radical (unpaired) electrons. The van der Waals surface area contributed by atoms with E-state index in [0.717, 1.165) is 11.3 Å². The number of nitrogens with two attached hydrogens (primary N) is 1. The number of rotatable bonds is 4. The van der Waals surface area contributed by atoms with Crippen molar-refractivity contribution in [2.24, 2.45) is 5.73 Å². The molecule has 1 aromatic carbocycles. The molecule has 0 unspecified atom stereocenters. The average Bonchev–Trinajstić information content (AvgIpc) is 2.15. The molecule has 3 nitrogen and oxygen atoms in total. The zero-order valence-corrected chi connectivity index (χ0v) is 10.6. The lowest BCUT2D eigenvalue weighted by Crippen LogP contribution is -2.36. The van der Waals surface area contributed by atoms with Gasteiger partial charge in [-0.05, 0) is 38.5 Å². The molecule has 0 aliphatic heterocycles. The van der Waals surface area contributed by atoms with Crippen LogP contribution in [0.4, 0.5) is 5.69 Å². The van der Waals surface area contributed by atoms with Gasteiger partial charge in [-0.3, -0.25) is 0 Å². The van der Waals surface area contributed by atoms with Crippen LogP contribution in [0.25, 0.3) is 0 Å². The van der Waals surface area contributed by atoms with Gasteiger partial charge in [0.25, 0.3) is 0 Å². The maximum atomic E-state index is 9.73. The van der Waals surface area contributed by atoms with Crippen LogP contribution in [0.1, 0.15) is 32.4 Å². The van der Waals surface area contributed by atoms with Crippen LogP contribution in [0, 0.1) is 0 Å². The molecule has 0 saturated carbocycles. The molecule has 1 rings (SSSR count). The minimum Gasteiger partial charge on any atom is -0.389 e. The van der Waals surface area contributed by atoms with Crippen LogP contribution in [-0.2, 0) is 0 Å². The van der Waals surface area contributed by atoms with Gasteiger partial charge in [0.1, 0.15) is 0 Å². The molecule has 0 heterocycles. The summed E-state index contributed by atoms with van der Waals surface area (Å²) >= 11 is 0. The molecule has 0 bridgehead atoms. The topological polar surface area (TPSA) is 49.5 Å². The second-order valence-corrected chi connectivity index (χ2v) is 5.05. The van der Waals surface area contributed by atoms with Gasteiger partial charge in [0, 0.05) is 25.3 Å². The van der Waals surface area contributed by atoms with Crippen molar-refractivity contribution in [3.63, 3.8) is 0 Å². The van der Waals surface area contributed by atoms with Crippen LogP contribution in [0.2, 0.25) is 0 Å². The molecule has 1 aromatic rings. The summed E-state index contributed by atoms with van der Waals surface area (Å²) in [5.41, 5.74) is 7.32. The predicted molar refractivity (Wildman–Crippen MR) is 68.6 cm³/mol. The van der Waals surface area contributed by atoms with E-state index in [9.17, 15) is 5.11 Å². The zero-order valence-electron chi connectivity index (χ0n) is 10.6. The molecule has 0 saturated heterocycles. The molecule has 3 N–H and O–H groups in total. The highest BCUT2D eigenvalue weighted by Crippen LogP contribution is 2.18. The summed E-state index contributed by atoms with van der Waals surface area (Å²) < 4.78 is 0. The highest BCUT2D eigenvalue weighted by molar-refractivity contribution is 5.47. The molecule has 0 aromatic heterocycles. The van der Waals surface area contributed by atoms with E-state index >= 15 is 0 Å². The fraction of sp³-hybridized carbons (Fsp3) is 0.538. The molecular weight excluding hydrogens is 200 g/mol. The maximum Gasteiger partial charge on any atom is 0.0765 e. The first-order valence-electron chi connectivity index (χ1n) is 5.58. The number of hydrogen-bond donors (Lipinski definition) is 2. The highest BCUT2D eigenvalue weighted by atomic mass is 16.3. The van der Waals surface area contributed by atoms with Gasteiger partial charge in [-0.25, -0.2) is 0 Å². The number of anilines is 1. The van der Waals surface area contributed by atoms with Gasteiger partial charge in [0.2, 0.25) is 0 Å². The van der Waals surface area contributed by atoms with Crippen LogP contribution in [-0.4, -0.2) is 24.3 Å². The summed E-state index contributed by atoms with van der Waals surface area (Å²) in [7, 11) is 1.97. The van der Waals surface area contributed by atoms with E-state index in [1.165, 1.54) is 0 Å². The lowest BCUT2D eigenvalue weighted by Gasteiger charge is -2.27. The van der Waals surface area contributed by atoms with Crippen LogP contribution in [0.5, 0.6) is 0 Å². The third-order valence-corrected chi connectivity index (χ3v) is 2.48. The summed E-state index contributed by atoms with van der Waals surface area (Å²) in [5.74, 6) is 0. The third-order valence-electron chi connectivity index (χ3n) is 2.48. The quantitative estimate of drug-likeness (QED) is 0.818. The largest absolute Gasteiger partial charge is 0.389 e. The number of nitrogens with zero attached hydrogens (tertiary/aromatic N) is 1. The Kier molecular flexibility index (Phi) is 3.94. The summed E-state index contributed by atoms with van der Waals surface area (Å²) in [6.45, 7) is 6.18. The molecule has 0 aliphatic rings. The summed E-state index contributed by atoms with van der Waals surface area (Å²) in [4.78, 5) is 2.03. The second kappa shape index (κ2) is 4.85. The monoisotopic (exact) mass is 222 g/mol. The van der Waals surface area contributed by atoms with Gasteiger partial charge >= 0.3 is 0 Å². The Balaban J connectivity index is 2.74. The lowest BCUT2D eigenvalue weighted by molar-refractivity contribution is 0.0886. The van der Waals surface area contributed by atoms with E-state index in [1.54, 1.807) is 13.8 Å². The minimum absolute atomic E-state index is 0.0636. The van der Waals surface area contributed by atoms with Gasteiger partial charge < -0.3 is 15.7 Å². The molecule has 0 spiro atoms. The Bertz CT molecular complexity index is 325. The first-order chi connectivity index (χ1) is 7.29. The van der Waals surface area contributed by atoms with Crippen LogP contribution >= 0.6 is 0 Å².